The minimum absolute atomic E-state index is 0.0610. The van der Waals surface area contributed by atoms with Crippen LogP contribution in [-0.2, 0) is 0 Å². The van der Waals surface area contributed by atoms with Crippen LogP contribution in [0.15, 0.2) is 54.6 Å². The van der Waals surface area contributed by atoms with Crippen molar-refractivity contribution in [3.63, 3.8) is 0 Å². The van der Waals surface area contributed by atoms with E-state index in [1.54, 1.807) is 0 Å². The second-order valence-corrected chi connectivity index (χ2v) is 10.9. The molecule has 0 radical (unpaired) electrons. The number of rotatable bonds is 4. The van der Waals surface area contributed by atoms with Crippen molar-refractivity contribution in [2.45, 2.75) is 25.1 Å². The summed E-state index contributed by atoms with van der Waals surface area (Å²) in [6.45, 7) is 4.64. The van der Waals surface area contributed by atoms with Gasteiger partial charge in [-0.25, -0.2) is 0 Å². The molecular formula is C17H18ClNSi. The van der Waals surface area contributed by atoms with Crippen LogP contribution >= 0.6 is 11.6 Å². The molecule has 1 nitrogen and oxygen atoms in total. The highest BCUT2D eigenvalue weighted by molar-refractivity contribution is 6.89. The fourth-order valence-corrected chi connectivity index (χ4v) is 5.25. The van der Waals surface area contributed by atoms with Gasteiger partial charge in [0.2, 0.25) is 0 Å². The van der Waals surface area contributed by atoms with Gasteiger partial charge in [0.1, 0.15) is 0 Å². The van der Waals surface area contributed by atoms with E-state index in [4.69, 9.17) is 11.6 Å². The minimum Gasteiger partial charge on any atom is -0.198 e. The molecule has 0 heterocycles. The molecule has 102 valence electrons. The van der Waals surface area contributed by atoms with Crippen LogP contribution < -0.4 is 5.19 Å². The topological polar surface area (TPSA) is 23.8 Å². The number of nitriles is 1. The summed E-state index contributed by atoms with van der Waals surface area (Å²) in [5.41, 5.74) is 1.06. The third kappa shape index (κ3) is 3.50. The fraction of sp³-hybridized carbons (Fsp3) is 0.235. The van der Waals surface area contributed by atoms with E-state index in [0.717, 1.165) is 11.6 Å². The fourth-order valence-electron chi connectivity index (χ4n) is 2.45. The van der Waals surface area contributed by atoms with Gasteiger partial charge in [-0.15, -0.1) is 0 Å². The number of halogens is 1. The molecule has 0 saturated heterocycles. The molecule has 1 unspecified atom stereocenters. The van der Waals surface area contributed by atoms with Crippen LogP contribution in [0.25, 0.3) is 0 Å². The summed E-state index contributed by atoms with van der Waals surface area (Å²) in [4.78, 5) is 0. The van der Waals surface area contributed by atoms with Crippen LogP contribution in [0.4, 0.5) is 0 Å². The minimum atomic E-state index is -1.62. The van der Waals surface area contributed by atoms with Crippen LogP contribution in [0.5, 0.6) is 0 Å². The Labute approximate surface area is 126 Å². The quantitative estimate of drug-likeness (QED) is 0.759. The Morgan fingerprint density at radius 3 is 2.20 bits per heavy atom. The number of hydrogen-bond donors (Lipinski definition) is 0. The molecule has 0 amide bonds. The molecule has 1 atom stereocenters. The summed E-state index contributed by atoms with van der Waals surface area (Å²) in [5, 5.41) is 11.6. The van der Waals surface area contributed by atoms with E-state index in [1.807, 2.05) is 30.3 Å². The molecule has 2 aromatic rings. The third-order valence-electron chi connectivity index (χ3n) is 3.70. The molecule has 20 heavy (non-hydrogen) atoms. The Morgan fingerprint density at radius 1 is 1.05 bits per heavy atom. The van der Waals surface area contributed by atoms with Crippen molar-refractivity contribution in [3.8, 4) is 6.07 Å². The molecule has 0 fully saturated rings. The zero-order chi connectivity index (χ0) is 14.6. The maximum absolute atomic E-state index is 9.50. The van der Waals surface area contributed by atoms with E-state index >= 15 is 0 Å². The van der Waals surface area contributed by atoms with E-state index in [2.05, 4.69) is 43.4 Å². The maximum atomic E-state index is 9.50. The first-order valence-electron chi connectivity index (χ1n) is 6.73. The molecule has 0 spiro atoms. The number of nitrogens with zero attached hydrogens (tertiary/aromatic N) is 1. The lowest BCUT2D eigenvalue weighted by Gasteiger charge is -2.25. The van der Waals surface area contributed by atoms with Gasteiger partial charge in [-0.3, -0.25) is 0 Å². The van der Waals surface area contributed by atoms with E-state index in [-0.39, 0.29) is 5.92 Å². The van der Waals surface area contributed by atoms with Crippen LogP contribution in [0.1, 0.15) is 11.5 Å². The van der Waals surface area contributed by atoms with Crippen LogP contribution in [0.3, 0.4) is 0 Å². The van der Waals surface area contributed by atoms with E-state index < -0.39 is 8.07 Å². The smallest absolute Gasteiger partial charge is 0.0822 e. The molecule has 0 aromatic heterocycles. The van der Waals surface area contributed by atoms with Crippen LogP contribution in [0.2, 0.25) is 24.2 Å². The predicted octanol–water partition coefficient (Wildman–Crippen LogP) is 4.56. The first-order valence-corrected chi connectivity index (χ1v) is 10.3. The summed E-state index contributed by atoms with van der Waals surface area (Å²) in [6, 6.07) is 21.6. The van der Waals surface area contributed by atoms with Gasteiger partial charge >= 0.3 is 0 Å². The van der Waals surface area contributed by atoms with E-state index in [0.29, 0.717) is 5.02 Å². The summed E-state index contributed by atoms with van der Waals surface area (Å²) in [5.74, 6) is -0.0610. The van der Waals surface area contributed by atoms with Gasteiger partial charge in [0.15, 0.2) is 0 Å². The van der Waals surface area contributed by atoms with Crippen molar-refractivity contribution >= 4 is 24.9 Å². The summed E-state index contributed by atoms with van der Waals surface area (Å²) in [7, 11) is -1.62. The van der Waals surface area contributed by atoms with Crippen molar-refractivity contribution in [2.75, 3.05) is 0 Å². The molecule has 0 aliphatic heterocycles. The molecule has 0 aliphatic rings. The second kappa shape index (κ2) is 6.26. The molecule has 2 aromatic carbocycles. The number of benzene rings is 2. The van der Waals surface area contributed by atoms with Gasteiger partial charge in [-0.2, -0.15) is 5.26 Å². The molecule has 0 bridgehead atoms. The highest BCUT2D eigenvalue weighted by Crippen LogP contribution is 2.27. The maximum Gasteiger partial charge on any atom is 0.0822 e. The number of hydrogen-bond acceptors (Lipinski definition) is 1. The lowest BCUT2D eigenvalue weighted by atomic mass is 10.0. The van der Waals surface area contributed by atoms with Crippen molar-refractivity contribution < 1.29 is 0 Å². The average Bonchev–Trinajstić information content (AvgIpc) is 2.47. The van der Waals surface area contributed by atoms with Crippen molar-refractivity contribution in [3.05, 3.63) is 65.2 Å². The van der Waals surface area contributed by atoms with Crippen LogP contribution in [-0.4, -0.2) is 8.07 Å². The van der Waals surface area contributed by atoms with Gasteiger partial charge in [0.25, 0.3) is 0 Å². The average molecular weight is 300 g/mol. The standard InChI is InChI=1S/C17H18ClNSi/c1-20(2,17-6-4-3-5-7-17)13-15(12-19)14-8-10-16(18)11-9-14/h3-11,15H,13H2,1-2H3. The lowest BCUT2D eigenvalue weighted by Crippen LogP contribution is -2.42. The predicted molar refractivity (Wildman–Crippen MR) is 88.2 cm³/mol. The van der Waals surface area contributed by atoms with E-state index in [1.165, 1.54) is 5.19 Å². The zero-order valence-electron chi connectivity index (χ0n) is 11.8. The molecule has 3 heteroatoms. The highest BCUT2D eigenvalue weighted by Gasteiger charge is 2.28. The highest BCUT2D eigenvalue weighted by atomic mass is 35.5. The van der Waals surface area contributed by atoms with Gasteiger partial charge in [0.05, 0.1) is 20.1 Å². The van der Waals surface area contributed by atoms with Gasteiger partial charge in [-0.1, -0.05) is 72.3 Å². The van der Waals surface area contributed by atoms with Gasteiger partial charge in [0, 0.05) is 5.02 Å². The zero-order valence-corrected chi connectivity index (χ0v) is 13.6. The van der Waals surface area contributed by atoms with Gasteiger partial charge < -0.3 is 0 Å². The molecule has 2 rings (SSSR count). The molecule has 0 N–H and O–H groups in total. The lowest BCUT2D eigenvalue weighted by molar-refractivity contribution is 0.956. The summed E-state index contributed by atoms with van der Waals surface area (Å²) in [6.07, 6.45) is 0. The molecular weight excluding hydrogens is 282 g/mol. The molecule has 0 aliphatic carbocycles. The SMILES string of the molecule is C[Si](C)(CC(C#N)c1ccc(Cl)cc1)c1ccccc1. The third-order valence-corrected chi connectivity index (χ3v) is 7.28. The Hall–Kier alpha value is -1.56. The Morgan fingerprint density at radius 2 is 1.65 bits per heavy atom. The Kier molecular flexibility index (Phi) is 4.64. The Balaban J connectivity index is 2.22. The Bertz CT molecular complexity index is 599. The second-order valence-electron chi connectivity index (χ2n) is 5.69. The molecule has 0 saturated carbocycles. The largest absolute Gasteiger partial charge is 0.198 e. The van der Waals surface area contributed by atoms with Crippen molar-refractivity contribution in [1.82, 2.24) is 0 Å². The van der Waals surface area contributed by atoms with Crippen molar-refractivity contribution in [1.29, 1.82) is 5.26 Å². The summed E-state index contributed by atoms with van der Waals surface area (Å²) >= 11 is 5.91. The van der Waals surface area contributed by atoms with Crippen LogP contribution in [0, 0.1) is 11.3 Å². The first kappa shape index (κ1) is 14.8. The summed E-state index contributed by atoms with van der Waals surface area (Å²) < 4.78 is 0. The van der Waals surface area contributed by atoms with Crippen molar-refractivity contribution in [2.24, 2.45) is 0 Å². The van der Waals surface area contributed by atoms with Gasteiger partial charge in [-0.05, 0) is 23.7 Å². The monoisotopic (exact) mass is 299 g/mol. The van der Waals surface area contributed by atoms with E-state index in [9.17, 15) is 5.26 Å². The first-order chi connectivity index (χ1) is 9.53. The normalized spacial score (nSPS) is 12.7.